The number of aliphatic hydroxyl groups is 1. The number of fused-ring (bicyclic) bond motifs is 3. The van der Waals surface area contributed by atoms with E-state index in [9.17, 15) is 18.7 Å². The van der Waals surface area contributed by atoms with E-state index in [1.165, 1.54) is 0 Å². The van der Waals surface area contributed by atoms with Crippen LogP contribution in [0.25, 0.3) is 0 Å². The van der Waals surface area contributed by atoms with Gasteiger partial charge in [-0.05, 0) is 89.0 Å². The van der Waals surface area contributed by atoms with Crippen molar-refractivity contribution in [3.63, 3.8) is 0 Å². The van der Waals surface area contributed by atoms with E-state index in [4.69, 9.17) is 27.9 Å². The maximum atomic E-state index is 14.2. The fourth-order valence-corrected chi connectivity index (χ4v) is 8.21. The van der Waals surface area contributed by atoms with Crippen molar-refractivity contribution in [3.8, 4) is 0 Å². The van der Waals surface area contributed by atoms with Gasteiger partial charge in [-0.1, -0.05) is 0 Å². The summed E-state index contributed by atoms with van der Waals surface area (Å²) in [5, 5.41) is 13.5. The van der Waals surface area contributed by atoms with Crippen molar-refractivity contribution in [2.45, 2.75) is 123 Å². The number of aliphatic hydroxyl groups excluding tert-OH is 1. The molecule has 1 heterocycles. The van der Waals surface area contributed by atoms with Crippen molar-refractivity contribution in [2.75, 3.05) is 19.7 Å². The zero-order valence-electron chi connectivity index (χ0n) is 20.4. The number of hydrogen-bond donors (Lipinski definition) is 2. The van der Waals surface area contributed by atoms with Crippen molar-refractivity contribution in [1.29, 1.82) is 0 Å². The first-order valence-corrected chi connectivity index (χ1v) is 14.5. The summed E-state index contributed by atoms with van der Waals surface area (Å²) in [6.45, 7) is 1.87. The maximum Gasteiger partial charge on any atom is 0.246 e. The quantitative estimate of drug-likeness (QED) is 0.490. The fraction of sp³-hybridized carbons (Fsp3) is 0.962. The molecule has 7 unspecified atom stereocenters. The Kier molecular flexibility index (Phi) is 7.93. The Morgan fingerprint density at radius 1 is 0.971 bits per heavy atom. The molecule has 5 nitrogen and oxygen atoms in total. The normalized spacial score (nSPS) is 48.7. The highest BCUT2D eigenvalue weighted by molar-refractivity contribution is 6.21. The molecular weight excluding hydrogens is 497 g/mol. The highest BCUT2D eigenvalue weighted by Crippen LogP contribution is 2.52. The molecular formula is C26H40Cl2F2N2O3. The van der Waals surface area contributed by atoms with E-state index < -0.39 is 29.4 Å². The molecule has 0 radical (unpaired) electrons. The lowest BCUT2D eigenvalue weighted by molar-refractivity contribution is -0.142. The average Bonchev–Trinajstić information content (AvgIpc) is 3.34. The highest BCUT2D eigenvalue weighted by Gasteiger charge is 2.57. The second kappa shape index (κ2) is 10.5. The SMILES string of the molecule is O=C(COC1CCC(Cl)C(F)C1)NC12CCC(N3CCC(C4CCC(Cl)C(F)C4)C3)(CC1)C[C@@H]2O. The Bertz CT molecular complexity index is 769. The number of nitrogens with zero attached hydrogens (tertiary/aromatic N) is 1. The molecule has 0 aromatic carbocycles. The van der Waals surface area contributed by atoms with Gasteiger partial charge in [-0.3, -0.25) is 9.69 Å². The number of alkyl halides is 4. The van der Waals surface area contributed by atoms with E-state index in [1.807, 2.05) is 0 Å². The zero-order valence-corrected chi connectivity index (χ0v) is 22.0. The van der Waals surface area contributed by atoms with E-state index >= 15 is 0 Å². The topological polar surface area (TPSA) is 61.8 Å². The van der Waals surface area contributed by atoms with Crippen LogP contribution in [0.5, 0.6) is 0 Å². The van der Waals surface area contributed by atoms with E-state index in [1.54, 1.807) is 0 Å². The van der Waals surface area contributed by atoms with Crippen LogP contribution in [0.15, 0.2) is 0 Å². The molecule has 5 saturated carbocycles. The number of likely N-dealkylation sites (tertiary alicyclic amines) is 1. The molecule has 5 aliphatic carbocycles. The van der Waals surface area contributed by atoms with Gasteiger partial charge in [0.25, 0.3) is 0 Å². The summed E-state index contributed by atoms with van der Waals surface area (Å²) in [5.74, 6) is 0.676. The zero-order chi connectivity index (χ0) is 24.8. The largest absolute Gasteiger partial charge is 0.391 e. The van der Waals surface area contributed by atoms with Crippen molar-refractivity contribution in [3.05, 3.63) is 0 Å². The molecule has 6 rings (SSSR count). The number of hydrogen-bond acceptors (Lipinski definition) is 4. The van der Waals surface area contributed by atoms with Gasteiger partial charge in [-0.2, -0.15) is 0 Å². The Morgan fingerprint density at radius 3 is 2.31 bits per heavy atom. The molecule has 8 atom stereocenters. The number of carbonyl (C=O) groups is 1. The standard InChI is InChI=1S/C26H40Cl2F2N2O3/c27-19-3-1-16(11-21(19)29)17-5-10-32(14-17)25-6-8-26(9-7-25,23(33)13-25)31-24(34)15-35-18-2-4-20(28)22(30)12-18/h16-23,33H,1-15H2,(H,31,34)/t16?,17?,18?,19?,20?,21?,22?,23-,25?,26?/m0/s1. The van der Waals surface area contributed by atoms with Gasteiger partial charge >= 0.3 is 0 Å². The first kappa shape index (κ1) is 26.4. The molecule has 1 aliphatic heterocycles. The molecule has 200 valence electrons. The maximum absolute atomic E-state index is 14.2. The van der Waals surface area contributed by atoms with Crippen molar-refractivity contribution < 1.29 is 23.4 Å². The summed E-state index contributed by atoms with van der Waals surface area (Å²) in [7, 11) is 0. The average molecular weight is 538 g/mol. The Morgan fingerprint density at radius 2 is 1.66 bits per heavy atom. The first-order chi connectivity index (χ1) is 16.7. The van der Waals surface area contributed by atoms with Crippen LogP contribution in [0.1, 0.15) is 77.0 Å². The minimum Gasteiger partial charge on any atom is -0.391 e. The molecule has 0 spiro atoms. The second-order valence-corrected chi connectivity index (χ2v) is 13.1. The van der Waals surface area contributed by atoms with Crippen LogP contribution in [0.2, 0.25) is 0 Å². The second-order valence-electron chi connectivity index (χ2n) is 12.0. The van der Waals surface area contributed by atoms with Crippen molar-refractivity contribution >= 4 is 29.1 Å². The molecule has 35 heavy (non-hydrogen) atoms. The molecule has 6 aliphatic rings. The monoisotopic (exact) mass is 536 g/mol. The third-order valence-corrected chi connectivity index (χ3v) is 11.0. The van der Waals surface area contributed by atoms with Crippen LogP contribution < -0.4 is 5.32 Å². The van der Waals surface area contributed by atoms with Crippen LogP contribution in [-0.2, 0) is 9.53 Å². The third-order valence-electron chi connectivity index (χ3n) is 10.1. The molecule has 0 aromatic rings. The summed E-state index contributed by atoms with van der Waals surface area (Å²) >= 11 is 12.0. The highest BCUT2D eigenvalue weighted by atomic mass is 35.5. The van der Waals surface area contributed by atoms with Crippen LogP contribution >= 0.6 is 23.2 Å². The molecule has 1 saturated heterocycles. The predicted octanol–water partition coefficient (Wildman–Crippen LogP) is 4.50. The third kappa shape index (κ3) is 5.36. The lowest BCUT2D eigenvalue weighted by Crippen LogP contribution is -2.70. The van der Waals surface area contributed by atoms with E-state index in [0.717, 1.165) is 58.0 Å². The van der Waals surface area contributed by atoms with Gasteiger partial charge in [0.15, 0.2) is 0 Å². The summed E-state index contributed by atoms with van der Waals surface area (Å²) in [4.78, 5) is 15.3. The molecule has 6 fully saturated rings. The number of amides is 1. The minimum atomic E-state index is -1.09. The number of nitrogens with one attached hydrogen (secondary N) is 1. The van der Waals surface area contributed by atoms with Crippen LogP contribution in [0.4, 0.5) is 8.78 Å². The van der Waals surface area contributed by atoms with Gasteiger partial charge in [-0.25, -0.2) is 8.78 Å². The summed E-state index contributed by atoms with van der Waals surface area (Å²) in [5.41, 5.74) is -0.621. The molecule has 9 heteroatoms. The summed E-state index contributed by atoms with van der Waals surface area (Å²) in [6.07, 6.45) is 6.06. The van der Waals surface area contributed by atoms with Crippen molar-refractivity contribution in [2.24, 2.45) is 11.8 Å². The van der Waals surface area contributed by atoms with E-state index in [-0.39, 0.29) is 36.0 Å². The molecule has 0 aromatic heterocycles. The van der Waals surface area contributed by atoms with Gasteiger partial charge in [-0.15, -0.1) is 23.2 Å². The Labute approximate surface area is 217 Å². The van der Waals surface area contributed by atoms with Gasteiger partial charge in [0.2, 0.25) is 5.91 Å². The Balaban J connectivity index is 1.12. The lowest BCUT2D eigenvalue weighted by atomic mass is 9.59. The van der Waals surface area contributed by atoms with Gasteiger partial charge in [0.05, 0.1) is 28.5 Å². The number of ether oxygens (including phenoxy) is 1. The predicted molar refractivity (Wildman–Crippen MR) is 132 cm³/mol. The minimum absolute atomic E-state index is 0.0215. The fourth-order valence-electron chi connectivity index (χ4n) is 7.75. The first-order valence-electron chi connectivity index (χ1n) is 13.6. The smallest absolute Gasteiger partial charge is 0.246 e. The lowest BCUT2D eigenvalue weighted by Gasteiger charge is -2.59. The van der Waals surface area contributed by atoms with Gasteiger partial charge in [0.1, 0.15) is 19.0 Å². The number of rotatable bonds is 6. The van der Waals surface area contributed by atoms with Crippen molar-refractivity contribution in [1.82, 2.24) is 10.2 Å². The van der Waals surface area contributed by atoms with Gasteiger partial charge in [0, 0.05) is 18.5 Å². The molecule has 2 N–H and O–H groups in total. The van der Waals surface area contributed by atoms with E-state index in [0.29, 0.717) is 37.5 Å². The van der Waals surface area contributed by atoms with Crippen LogP contribution in [-0.4, -0.2) is 82.0 Å². The summed E-state index contributed by atoms with van der Waals surface area (Å²) < 4.78 is 33.8. The van der Waals surface area contributed by atoms with E-state index in [2.05, 4.69) is 10.2 Å². The van der Waals surface area contributed by atoms with Crippen LogP contribution in [0.3, 0.4) is 0 Å². The van der Waals surface area contributed by atoms with Crippen LogP contribution in [0, 0.1) is 11.8 Å². The number of halogens is 4. The summed E-state index contributed by atoms with van der Waals surface area (Å²) in [6, 6.07) is 0. The Hall–Kier alpha value is -0.210. The molecule has 2 bridgehead atoms. The molecule has 1 amide bonds. The number of carbonyl (C=O) groups excluding carboxylic acids is 1. The van der Waals surface area contributed by atoms with Gasteiger partial charge < -0.3 is 15.2 Å².